The fourth-order valence-electron chi connectivity index (χ4n) is 13.5. The molecule has 16 heteroatoms. The number of benzene rings is 6. The Hall–Kier alpha value is -5.74. The zero-order chi connectivity index (χ0) is 77.6. The summed E-state index contributed by atoms with van der Waals surface area (Å²) in [6.07, 6.45) is 5.64. The number of aryl methyl sites for hydroxylation is 12. The first-order valence-corrected chi connectivity index (χ1v) is 43.8. The number of halogens is 2. The quantitative estimate of drug-likeness (QED) is 0.0424. The number of rotatable bonds is 23. The second kappa shape index (κ2) is 42.8. The number of thiophene rings is 5. The summed E-state index contributed by atoms with van der Waals surface area (Å²) >= 11 is 16.3. The minimum absolute atomic E-state index is 0.0292. The third-order valence-electron chi connectivity index (χ3n) is 20.1. The van der Waals surface area contributed by atoms with Gasteiger partial charge >= 0.3 is 0 Å². The van der Waals surface area contributed by atoms with Crippen LogP contribution in [0.2, 0.25) is 0 Å². The molecular weight excluding hydrogens is 1570 g/mol. The number of ether oxygens (including phenoxy) is 4. The van der Waals surface area contributed by atoms with Gasteiger partial charge in [-0.05, 0) is 249 Å². The Bertz CT molecular complexity index is 4540. The predicted octanol–water partition coefficient (Wildman–Crippen LogP) is 23.8. The van der Waals surface area contributed by atoms with Crippen LogP contribution in [0.4, 0.5) is 0 Å². The summed E-state index contributed by atoms with van der Waals surface area (Å²) < 4.78 is 28.2. The largest absolute Gasteiger partial charge is 0.508 e. The fourth-order valence-corrected chi connectivity index (χ4v) is 18.8. The zero-order valence-electron chi connectivity index (χ0n) is 65.0. The van der Waals surface area contributed by atoms with Gasteiger partial charge in [0.05, 0.1) is 44.2 Å². The molecule has 5 aromatic heterocycles. The van der Waals surface area contributed by atoms with E-state index >= 15 is 0 Å². The first-order chi connectivity index (χ1) is 52.0. The van der Waals surface area contributed by atoms with Gasteiger partial charge in [-0.25, -0.2) is 0 Å². The average molecular weight is 1680 g/mol. The van der Waals surface area contributed by atoms with Crippen LogP contribution in [0, 0.1) is 48.5 Å². The van der Waals surface area contributed by atoms with Crippen molar-refractivity contribution in [3.05, 3.63) is 312 Å². The van der Waals surface area contributed by atoms with Crippen molar-refractivity contribution in [1.29, 1.82) is 0 Å². The Labute approximate surface area is 680 Å². The normalized spacial score (nSPS) is 18.5. The molecule has 0 aliphatic carbocycles. The summed E-state index contributed by atoms with van der Waals surface area (Å²) in [5.74, 6) is 0.0292. The van der Waals surface area contributed by atoms with E-state index in [1.54, 1.807) is 28.7 Å². The molecule has 108 heavy (non-hydrogen) atoms. The van der Waals surface area contributed by atoms with Crippen LogP contribution in [0.1, 0.15) is 206 Å². The summed E-state index contributed by atoms with van der Waals surface area (Å²) in [5.41, 5.74) is 17.4. The highest BCUT2D eigenvalue weighted by atomic mass is 79.9. The van der Waals surface area contributed by atoms with E-state index in [4.69, 9.17) is 18.9 Å². The Kier molecular flexibility index (Phi) is 34.2. The molecule has 0 bridgehead atoms. The van der Waals surface area contributed by atoms with Crippen molar-refractivity contribution in [3.8, 4) is 5.75 Å². The van der Waals surface area contributed by atoms with Crippen LogP contribution in [0.15, 0.2) is 184 Å². The minimum atomic E-state index is -1.15. The molecule has 576 valence electrons. The van der Waals surface area contributed by atoms with Gasteiger partial charge in [0.1, 0.15) is 36.3 Å². The molecule has 2 aliphatic heterocycles. The van der Waals surface area contributed by atoms with E-state index in [1.165, 1.54) is 100.0 Å². The molecule has 6 aromatic carbocycles. The van der Waals surface area contributed by atoms with Crippen molar-refractivity contribution in [3.63, 3.8) is 0 Å². The molecule has 2 aliphatic rings. The molecule has 0 saturated carbocycles. The standard InChI is InChI=1S/C36H42O3S.C20H26O5S.C15H17BrOS.C15H17BrS.C6H8S/c1-5-30-22-34(37-23-27-13-9-7-10-14-27)36(38-24-28-15-11-8-12-16-28)35(39-30)33-21-29(25(3)19-26(33)4)20-32-18-17-31(6-2)40-32;1-3-14-4-5-15(26-14)7-12-8-16(17(22)6-11(12)2)20-19(24)18(23)9-13(10-21)25-20;1-4-11-5-6-14(18-11)15(17)12-8-13(16)10(3)7-9(12)2;1-4-13-5-6-14(17-13)8-12-9-15(16)11(3)7-10(12)2;1-2-6-4-3-5-7-6/h7-19,21,30,34-36H,5-6,20,22-24H2,1-4H3;4-6,8,13,18-24H,3,7,9-10H2,1-2H3;5-8,15,17H,4H2,1-3H3;5-7,9H,4,8H2,1-3H3;3-5H,2H2,1H3/t30-,34+,35+,36-;13-,18-,19+,20-;;;/m10.../s1. The lowest BCUT2D eigenvalue weighted by Crippen LogP contribution is -2.46. The molecular formula is C92H110Br2O9S5. The third kappa shape index (κ3) is 24.4. The van der Waals surface area contributed by atoms with Gasteiger partial charge < -0.3 is 44.5 Å². The van der Waals surface area contributed by atoms with Gasteiger partial charge in [0.15, 0.2) is 0 Å². The molecule has 0 radical (unpaired) electrons. The maximum atomic E-state index is 10.5. The molecule has 5 N–H and O–H groups in total. The van der Waals surface area contributed by atoms with Crippen LogP contribution in [0.5, 0.6) is 5.75 Å². The number of aromatic hydroxyl groups is 1. The summed E-state index contributed by atoms with van der Waals surface area (Å²) in [6.45, 7) is 28.8. The SMILES string of the molecule is CCc1ccc(C(O)c2cc(Br)c(C)cc2C)s1.CCc1ccc(Cc2cc(Br)c(C)cc2C)s1.CCc1ccc(Cc2cc([C@@H]3O[C@H](CC)C[C@H](OCc4ccccc4)[C@H]3OCc3ccccc3)c(C)cc2C)s1.CCc1ccc(Cc2cc([C@@H]3O[C@H](CO)C[C@H](O)[C@H]3O)c(O)cc2C)s1.CCc1cccs1. The van der Waals surface area contributed by atoms with Crippen LogP contribution < -0.4 is 0 Å². The number of aliphatic hydroxyl groups excluding tert-OH is 4. The molecule has 2 saturated heterocycles. The van der Waals surface area contributed by atoms with Crippen LogP contribution in [-0.2, 0) is 83.5 Å². The van der Waals surface area contributed by atoms with Gasteiger partial charge in [0.25, 0.3) is 0 Å². The van der Waals surface area contributed by atoms with E-state index < -0.39 is 30.5 Å². The molecule has 1 unspecified atom stereocenters. The van der Waals surface area contributed by atoms with Crippen molar-refractivity contribution >= 4 is 88.5 Å². The Morgan fingerprint density at radius 2 is 0.917 bits per heavy atom. The second-order valence-corrected chi connectivity index (χ2v) is 35.9. The first-order valence-electron chi connectivity index (χ1n) is 38.1. The number of hydrogen-bond acceptors (Lipinski definition) is 14. The number of phenolic OH excluding ortho intramolecular Hbond substituents is 1. The summed E-state index contributed by atoms with van der Waals surface area (Å²) in [4.78, 5) is 12.2. The van der Waals surface area contributed by atoms with Crippen molar-refractivity contribution < 1.29 is 44.5 Å². The van der Waals surface area contributed by atoms with Crippen LogP contribution in [0.25, 0.3) is 0 Å². The second-order valence-electron chi connectivity index (χ2n) is 28.2. The van der Waals surface area contributed by atoms with E-state index in [1.807, 2.05) is 78.2 Å². The van der Waals surface area contributed by atoms with Crippen molar-refractivity contribution in [2.45, 2.75) is 229 Å². The van der Waals surface area contributed by atoms with Crippen molar-refractivity contribution in [2.75, 3.05) is 6.61 Å². The maximum absolute atomic E-state index is 10.5. The monoisotopic (exact) mass is 1680 g/mol. The predicted molar refractivity (Wildman–Crippen MR) is 461 cm³/mol. The number of aliphatic hydroxyl groups is 4. The van der Waals surface area contributed by atoms with Gasteiger partial charge in [-0.1, -0.05) is 164 Å². The van der Waals surface area contributed by atoms with Gasteiger partial charge in [0.2, 0.25) is 0 Å². The highest BCUT2D eigenvalue weighted by Gasteiger charge is 2.42. The average Bonchev–Trinajstić information content (AvgIpc) is 0.863. The number of phenols is 1. The van der Waals surface area contributed by atoms with Gasteiger partial charge in [-0.15, -0.1) is 56.7 Å². The van der Waals surface area contributed by atoms with Crippen LogP contribution in [0.3, 0.4) is 0 Å². The smallest absolute Gasteiger partial charge is 0.121 e. The Morgan fingerprint density at radius 3 is 1.41 bits per heavy atom. The highest BCUT2D eigenvalue weighted by molar-refractivity contribution is 9.10. The van der Waals surface area contributed by atoms with E-state index in [2.05, 4.69) is 247 Å². The first kappa shape index (κ1) is 86.2. The summed E-state index contributed by atoms with van der Waals surface area (Å²) in [7, 11) is 0. The van der Waals surface area contributed by atoms with Crippen LogP contribution >= 0.6 is 88.5 Å². The van der Waals surface area contributed by atoms with Gasteiger partial charge in [0, 0.05) is 90.5 Å². The molecule has 9 nitrogen and oxygen atoms in total. The Balaban J connectivity index is 0.000000170. The van der Waals surface area contributed by atoms with Crippen molar-refractivity contribution in [2.24, 2.45) is 0 Å². The highest BCUT2D eigenvalue weighted by Crippen LogP contribution is 2.42. The molecule has 0 amide bonds. The summed E-state index contributed by atoms with van der Waals surface area (Å²) in [5, 5.41) is 52.8. The molecule has 11 aromatic rings. The lowest BCUT2D eigenvalue weighted by atomic mass is 9.87. The van der Waals surface area contributed by atoms with Crippen LogP contribution in [-0.4, -0.2) is 68.8 Å². The van der Waals surface area contributed by atoms with E-state index in [0.29, 0.717) is 18.8 Å². The minimum Gasteiger partial charge on any atom is -0.508 e. The maximum Gasteiger partial charge on any atom is 0.121 e. The van der Waals surface area contributed by atoms with E-state index in [-0.39, 0.29) is 43.2 Å². The van der Waals surface area contributed by atoms with Gasteiger partial charge in [-0.2, -0.15) is 0 Å². The lowest BCUT2D eigenvalue weighted by Gasteiger charge is -2.42. The molecule has 7 heterocycles. The number of hydrogen-bond donors (Lipinski definition) is 5. The third-order valence-corrected chi connectivity index (χ3v) is 27.8. The fraction of sp³-hybridized carbons (Fsp3) is 0.391. The van der Waals surface area contributed by atoms with Gasteiger partial charge in [-0.3, -0.25) is 0 Å². The van der Waals surface area contributed by atoms with E-state index in [0.717, 1.165) is 95.0 Å². The topological polar surface area (TPSA) is 138 Å². The Morgan fingerprint density at radius 1 is 0.454 bits per heavy atom. The molecule has 13 rings (SSSR count). The molecule has 9 atom stereocenters. The van der Waals surface area contributed by atoms with E-state index in [9.17, 15) is 25.5 Å². The lowest BCUT2D eigenvalue weighted by molar-refractivity contribution is -0.211. The zero-order valence-corrected chi connectivity index (χ0v) is 72.3. The molecule has 0 spiro atoms. The molecule has 2 fully saturated rings. The van der Waals surface area contributed by atoms with Crippen molar-refractivity contribution in [1.82, 2.24) is 0 Å². The summed E-state index contributed by atoms with van der Waals surface area (Å²) in [6, 6.07) is 59.4.